The van der Waals surface area contributed by atoms with Crippen LogP contribution in [0.4, 0.5) is 5.69 Å². The second-order valence-corrected chi connectivity index (χ2v) is 9.05. The number of fused-ring (bicyclic) bond motifs is 4. The van der Waals surface area contributed by atoms with Crippen LogP contribution in [0.15, 0.2) is 83.3 Å². The molecule has 4 nitrogen and oxygen atoms in total. The number of aromatic nitrogens is 2. The highest BCUT2D eigenvalue weighted by molar-refractivity contribution is 6.10. The minimum atomic E-state index is 0.517. The van der Waals surface area contributed by atoms with Crippen molar-refractivity contribution < 1.29 is 4.42 Å². The van der Waals surface area contributed by atoms with Crippen molar-refractivity contribution >= 4 is 38.7 Å². The van der Waals surface area contributed by atoms with Crippen LogP contribution in [0.2, 0.25) is 0 Å². The summed E-state index contributed by atoms with van der Waals surface area (Å²) >= 11 is 0. The van der Waals surface area contributed by atoms with E-state index < -0.39 is 0 Å². The largest absolute Gasteiger partial charge is 0.457 e. The quantitative estimate of drug-likeness (QED) is 0.258. The predicted molar refractivity (Wildman–Crippen MR) is 139 cm³/mol. The molecule has 4 aromatic carbocycles. The number of hydrogen-bond donors (Lipinski definition) is 0. The molecule has 4 heteroatoms. The van der Waals surface area contributed by atoms with Gasteiger partial charge in [-0.3, -0.25) is 0 Å². The van der Waals surface area contributed by atoms with Crippen molar-refractivity contribution in [3.63, 3.8) is 0 Å². The minimum absolute atomic E-state index is 0.517. The fourth-order valence-corrected chi connectivity index (χ4v) is 4.71. The van der Waals surface area contributed by atoms with Gasteiger partial charge in [0.1, 0.15) is 17.0 Å². The van der Waals surface area contributed by atoms with Crippen molar-refractivity contribution in [1.29, 1.82) is 0 Å². The molecule has 164 valence electrons. The summed E-state index contributed by atoms with van der Waals surface area (Å²) in [5.41, 5.74) is 8.74. The number of hydrogen-bond acceptors (Lipinski definition) is 2. The summed E-state index contributed by atoms with van der Waals surface area (Å²) in [7, 11) is 2.04. The first kappa shape index (κ1) is 20.3. The monoisotopic (exact) mass is 441 g/mol. The zero-order valence-corrected chi connectivity index (χ0v) is 19.3. The number of nitrogens with zero attached hydrogens (tertiary/aromatic N) is 3. The maximum Gasteiger partial charge on any atom is 0.190 e. The summed E-state index contributed by atoms with van der Waals surface area (Å²) in [6.07, 6.45) is 0. The Hall–Kier alpha value is -4.36. The van der Waals surface area contributed by atoms with E-state index in [2.05, 4.69) is 71.8 Å². The number of furan rings is 1. The molecule has 0 amide bonds. The molecule has 34 heavy (non-hydrogen) atoms. The van der Waals surface area contributed by atoms with Gasteiger partial charge in [-0.2, -0.15) is 0 Å². The van der Waals surface area contributed by atoms with Gasteiger partial charge in [-0.1, -0.05) is 68.4 Å². The van der Waals surface area contributed by atoms with E-state index in [1.54, 1.807) is 6.07 Å². The summed E-state index contributed by atoms with van der Waals surface area (Å²) in [5.74, 6) is 1.38. The first-order valence-corrected chi connectivity index (χ1v) is 11.4. The van der Waals surface area contributed by atoms with Crippen molar-refractivity contribution in [3.8, 4) is 22.5 Å². The van der Waals surface area contributed by atoms with Gasteiger partial charge in [0.15, 0.2) is 5.69 Å². The summed E-state index contributed by atoms with van der Waals surface area (Å²) < 4.78 is 8.38. The molecule has 0 fully saturated rings. The SMILES string of the molecule is [C-]#[N+]c1ccc2c(c1)oc1c(-c3nc4cc(-c5ccc(C(C)C)cc5)ccc4n3C)cccc12. The third kappa shape index (κ3) is 3.09. The molecular formula is C30H23N3O. The summed E-state index contributed by atoms with van der Waals surface area (Å²) in [5, 5.41) is 2.04. The topological polar surface area (TPSA) is 35.3 Å². The molecule has 0 saturated carbocycles. The van der Waals surface area contributed by atoms with Crippen molar-refractivity contribution in [2.75, 3.05) is 0 Å². The molecule has 0 aliphatic heterocycles. The lowest BCUT2D eigenvalue weighted by molar-refractivity contribution is 0.669. The van der Waals surface area contributed by atoms with Gasteiger partial charge in [-0.05, 0) is 46.9 Å². The molecule has 0 spiro atoms. The second-order valence-electron chi connectivity index (χ2n) is 9.05. The van der Waals surface area contributed by atoms with Crippen LogP contribution in [0.25, 0.3) is 60.3 Å². The van der Waals surface area contributed by atoms with Crippen molar-refractivity contribution in [2.24, 2.45) is 7.05 Å². The Labute approximate surface area is 197 Å². The van der Waals surface area contributed by atoms with Crippen LogP contribution >= 0.6 is 0 Å². The molecule has 6 rings (SSSR count). The highest BCUT2D eigenvalue weighted by Gasteiger charge is 2.17. The lowest BCUT2D eigenvalue weighted by atomic mass is 9.98. The van der Waals surface area contributed by atoms with E-state index in [1.807, 2.05) is 31.3 Å². The summed E-state index contributed by atoms with van der Waals surface area (Å²) in [6.45, 7) is 11.7. The van der Waals surface area contributed by atoms with E-state index in [0.29, 0.717) is 11.6 Å². The van der Waals surface area contributed by atoms with E-state index in [1.165, 1.54) is 11.1 Å². The van der Waals surface area contributed by atoms with Gasteiger partial charge in [-0.25, -0.2) is 9.83 Å². The maximum absolute atomic E-state index is 7.30. The Morgan fingerprint density at radius 3 is 2.44 bits per heavy atom. The third-order valence-electron chi connectivity index (χ3n) is 6.64. The first-order valence-electron chi connectivity index (χ1n) is 11.4. The van der Waals surface area contributed by atoms with Gasteiger partial charge in [0, 0.05) is 17.8 Å². The lowest BCUT2D eigenvalue weighted by Gasteiger charge is -2.07. The van der Waals surface area contributed by atoms with E-state index in [4.69, 9.17) is 16.0 Å². The van der Waals surface area contributed by atoms with Crippen LogP contribution in [-0.2, 0) is 7.05 Å². The van der Waals surface area contributed by atoms with Crippen LogP contribution in [-0.4, -0.2) is 9.55 Å². The van der Waals surface area contributed by atoms with Crippen LogP contribution < -0.4 is 0 Å². The molecular weight excluding hydrogens is 418 g/mol. The third-order valence-corrected chi connectivity index (χ3v) is 6.64. The van der Waals surface area contributed by atoms with E-state index in [9.17, 15) is 0 Å². The molecule has 0 aliphatic carbocycles. The van der Waals surface area contributed by atoms with E-state index >= 15 is 0 Å². The van der Waals surface area contributed by atoms with Gasteiger partial charge in [-0.15, -0.1) is 0 Å². The van der Waals surface area contributed by atoms with Gasteiger partial charge < -0.3 is 8.98 Å². The Kier molecular flexibility index (Phi) is 4.53. The molecule has 2 heterocycles. The Morgan fingerprint density at radius 1 is 0.882 bits per heavy atom. The van der Waals surface area contributed by atoms with Crippen LogP contribution in [0.3, 0.4) is 0 Å². The number of imidazole rings is 1. The van der Waals surface area contributed by atoms with Crippen LogP contribution in [0.5, 0.6) is 0 Å². The van der Waals surface area contributed by atoms with E-state index in [-0.39, 0.29) is 0 Å². The number of para-hydroxylation sites is 1. The molecule has 0 radical (unpaired) electrons. The second kappa shape index (κ2) is 7.60. The highest BCUT2D eigenvalue weighted by Crippen LogP contribution is 2.38. The molecule has 6 aromatic rings. The van der Waals surface area contributed by atoms with Gasteiger partial charge in [0.2, 0.25) is 0 Å². The van der Waals surface area contributed by atoms with Crippen molar-refractivity contribution in [1.82, 2.24) is 9.55 Å². The Bertz CT molecular complexity index is 1740. The summed E-state index contributed by atoms with van der Waals surface area (Å²) in [4.78, 5) is 8.56. The van der Waals surface area contributed by atoms with Gasteiger partial charge in [0.25, 0.3) is 0 Å². The van der Waals surface area contributed by atoms with Crippen LogP contribution in [0, 0.1) is 6.57 Å². The van der Waals surface area contributed by atoms with Gasteiger partial charge >= 0.3 is 0 Å². The van der Waals surface area contributed by atoms with Crippen molar-refractivity contribution in [3.05, 3.63) is 95.8 Å². The zero-order valence-electron chi connectivity index (χ0n) is 19.3. The maximum atomic E-state index is 7.30. The van der Waals surface area contributed by atoms with Gasteiger partial charge in [0.05, 0.1) is 23.2 Å². The van der Waals surface area contributed by atoms with E-state index in [0.717, 1.165) is 49.9 Å². The Morgan fingerprint density at radius 2 is 1.68 bits per heavy atom. The standard InChI is InChI=1S/C30H23N3O/c1-18(2)19-8-10-20(11-9-19)21-12-15-27-26(16-21)32-30(33(27)4)25-7-5-6-24-23-14-13-22(31-3)17-28(23)34-29(24)25/h5-18H,1-2,4H3. The average molecular weight is 442 g/mol. The number of rotatable bonds is 3. The fraction of sp³-hybridized carbons (Fsp3) is 0.133. The van der Waals surface area contributed by atoms with Crippen LogP contribution in [0.1, 0.15) is 25.3 Å². The average Bonchev–Trinajstić information content (AvgIpc) is 3.40. The highest BCUT2D eigenvalue weighted by atomic mass is 16.3. The number of benzene rings is 4. The summed E-state index contributed by atoms with van der Waals surface area (Å²) in [6, 6.07) is 27.0. The normalized spacial score (nSPS) is 11.6. The molecule has 0 N–H and O–H groups in total. The molecule has 2 aromatic heterocycles. The molecule has 0 atom stereocenters. The molecule has 0 saturated heterocycles. The smallest absolute Gasteiger partial charge is 0.190 e. The zero-order chi connectivity index (χ0) is 23.4. The molecule has 0 unspecified atom stereocenters. The number of aryl methyl sites for hydroxylation is 1. The van der Waals surface area contributed by atoms with Crippen molar-refractivity contribution in [2.45, 2.75) is 19.8 Å². The first-order chi connectivity index (χ1) is 16.5. The lowest BCUT2D eigenvalue weighted by Crippen LogP contribution is -1.92. The predicted octanol–water partition coefficient (Wildman–Crippen LogP) is 8.48. The minimum Gasteiger partial charge on any atom is -0.457 e. The molecule has 0 bridgehead atoms. The Balaban J connectivity index is 1.50. The fourth-order valence-electron chi connectivity index (χ4n) is 4.71. The molecule has 0 aliphatic rings.